The lowest BCUT2D eigenvalue weighted by Gasteiger charge is -2.04. The Balaban J connectivity index is 2.56. The van der Waals surface area contributed by atoms with Crippen molar-refractivity contribution in [2.24, 2.45) is 0 Å². The summed E-state index contributed by atoms with van der Waals surface area (Å²) in [6, 6.07) is 7.85. The molecule has 0 N–H and O–H groups in total. The standard InChI is InChI=1S/C14H6F3NO/c15-10-3-1-2-9(6-10)14(19)11-4-8(7-18)5-12(16)13(11)17/h1-6H. The minimum absolute atomic E-state index is 0.117. The summed E-state index contributed by atoms with van der Waals surface area (Å²) in [5.41, 5.74) is -0.894. The largest absolute Gasteiger partial charge is 0.288 e. The summed E-state index contributed by atoms with van der Waals surface area (Å²) < 4.78 is 39.8. The van der Waals surface area contributed by atoms with E-state index in [0.29, 0.717) is 6.07 Å². The molecule has 0 saturated heterocycles. The zero-order valence-corrected chi connectivity index (χ0v) is 9.45. The first-order chi connectivity index (χ1) is 9.02. The van der Waals surface area contributed by atoms with E-state index >= 15 is 0 Å². The van der Waals surface area contributed by atoms with Crippen LogP contribution in [-0.2, 0) is 0 Å². The Morgan fingerprint density at radius 3 is 2.47 bits per heavy atom. The van der Waals surface area contributed by atoms with Crippen LogP contribution in [0.15, 0.2) is 36.4 Å². The van der Waals surface area contributed by atoms with Crippen LogP contribution in [0.2, 0.25) is 0 Å². The van der Waals surface area contributed by atoms with Gasteiger partial charge in [0.25, 0.3) is 0 Å². The molecule has 2 nitrogen and oxygen atoms in total. The highest BCUT2D eigenvalue weighted by molar-refractivity contribution is 6.09. The normalized spacial score (nSPS) is 10.0. The molecule has 0 atom stereocenters. The highest BCUT2D eigenvalue weighted by Crippen LogP contribution is 2.19. The van der Waals surface area contributed by atoms with Gasteiger partial charge in [0.1, 0.15) is 5.82 Å². The summed E-state index contributed by atoms with van der Waals surface area (Å²) in [7, 11) is 0. The molecule has 0 spiro atoms. The van der Waals surface area contributed by atoms with Crippen LogP contribution in [-0.4, -0.2) is 5.78 Å². The Hall–Kier alpha value is -2.61. The van der Waals surface area contributed by atoms with E-state index in [2.05, 4.69) is 0 Å². The van der Waals surface area contributed by atoms with Crippen LogP contribution < -0.4 is 0 Å². The molecular formula is C14H6F3NO. The maximum absolute atomic E-state index is 13.6. The van der Waals surface area contributed by atoms with Crippen molar-refractivity contribution in [3.05, 3.63) is 70.5 Å². The second kappa shape index (κ2) is 4.94. The number of halogens is 3. The predicted molar refractivity (Wildman–Crippen MR) is 60.9 cm³/mol. The maximum Gasteiger partial charge on any atom is 0.196 e. The molecule has 0 radical (unpaired) electrons. The third-order valence-electron chi connectivity index (χ3n) is 2.49. The molecule has 2 aromatic rings. The van der Waals surface area contributed by atoms with E-state index in [1.54, 1.807) is 6.07 Å². The van der Waals surface area contributed by atoms with Gasteiger partial charge in [-0.3, -0.25) is 4.79 Å². The van der Waals surface area contributed by atoms with Gasteiger partial charge < -0.3 is 0 Å². The summed E-state index contributed by atoms with van der Waals surface area (Å²) >= 11 is 0. The lowest BCUT2D eigenvalue weighted by Crippen LogP contribution is -2.07. The summed E-state index contributed by atoms with van der Waals surface area (Å²) in [5.74, 6) is -4.19. The number of ketones is 1. The van der Waals surface area contributed by atoms with Gasteiger partial charge in [0, 0.05) is 5.56 Å². The summed E-state index contributed by atoms with van der Waals surface area (Å²) in [4.78, 5) is 12.0. The van der Waals surface area contributed by atoms with Crippen molar-refractivity contribution in [2.45, 2.75) is 0 Å². The Morgan fingerprint density at radius 2 is 1.84 bits per heavy atom. The SMILES string of the molecule is N#Cc1cc(F)c(F)c(C(=O)c2cccc(F)c2)c1. The fourth-order valence-corrected chi connectivity index (χ4v) is 1.60. The Labute approximate surface area is 106 Å². The first kappa shape index (κ1) is 12.8. The minimum Gasteiger partial charge on any atom is -0.288 e. The van der Waals surface area contributed by atoms with Crippen LogP contribution in [0.1, 0.15) is 21.5 Å². The fraction of sp³-hybridized carbons (Fsp3) is 0. The number of hydrogen-bond acceptors (Lipinski definition) is 2. The van der Waals surface area contributed by atoms with Gasteiger partial charge in [0.05, 0.1) is 17.2 Å². The average molecular weight is 261 g/mol. The first-order valence-corrected chi connectivity index (χ1v) is 5.22. The molecule has 0 aliphatic rings. The number of rotatable bonds is 2. The van der Waals surface area contributed by atoms with Crippen LogP contribution in [0.25, 0.3) is 0 Å². The van der Waals surface area contributed by atoms with Crippen LogP contribution in [0.4, 0.5) is 13.2 Å². The molecule has 19 heavy (non-hydrogen) atoms. The predicted octanol–water partition coefficient (Wildman–Crippen LogP) is 3.21. The third kappa shape index (κ3) is 2.47. The van der Waals surface area contributed by atoms with Crippen molar-refractivity contribution in [2.75, 3.05) is 0 Å². The smallest absolute Gasteiger partial charge is 0.196 e. The molecule has 5 heteroatoms. The van der Waals surface area contributed by atoms with E-state index in [1.165, 1.54) is 12.1 Å². The number of hydrogen-bond donors (Lipinski definition) is 0. The highest BCUT2D eigenvalue weighted by Gasteiger charge is 2.19. The summed E-state index contributed by atoms with van der Waals surface area (Å²) in [5, 5.41) is 8.66. The molecule has 0 saturated carbocycles. The van der Waals surface area contributed by atoms with Crippen molar-refractivity contribution >= 4 is 5.78 Å². The second-order valence-electron chi connectivity index (χ2n) is 3.77. The van der Waals surface area contributed by atoms with Crippen molar-refractivity contribution in [3.8, 4) is 6.07 Å². The molecular weight excluding hydrogens is 255 g/mol. The Bertz CT molecular complexity index is 704. The number of nitrogens with zero attached hydrogens (tertiary/aromatic N) is 1. The van der Waals surface area contributed by atoms with Crippen molar-refractivity contribution in [1.82, 2.24) is 0 Å². The molecule has 0 fully saturated rings. The van der Waals surface area contributed by atoms with E-state index in [9.17, 15) is 18.0 Å². The number of nitriles is 1. The van der Waals surface area contributed by atoms with E-state index in [-0.39, 0.29) is 11.1 Å². The Kier molecular flexibility index (Phi) is 3.34. The number of benzene rings is 2. The molecule has 0 bridgehead atoms. The molecule has 2 rings (SSSR count). The van der Waals surface area contributed by atoms with Crippen LogP contribution in [0.3, 0.4) is 0 Å². The van der Waals surface area contributed by atoms with Gasteiger partial charge in [0.2, 0.25) is 0 Å². The molecule has 0 heterocycles. The van der Waals surface area contributed by atoms with E-state index in [4.69, 9.17) is 5.26 Å². The summed E-state index contributed by atoms with van der Waals surface area (Å²) in [6.45, 7) is 0. The van der Waals surface area contributed by atoms with Crippen molar-refractivity contribution < 1.29 is 18.0 Å². The molecule has 0 amide bonds. The lowest BCUT2D eigenvalue weighted by atomic mass is 10.0. The van der Waals surface area contributed by atoms with Crippen LogP contribution in [0.5, 0.6) is 0 Å². The van der Waals surface area contributed by atoms with Gasteiger partial charge in [-0.05, 0) is 24.3 Å². The zero-order valence-electron chi connectivity index (χ0n) is 9.45. The van der Waals surface area contributed by atoms with Gasteiger partial charge in [-0.2, -0.15) is 5.26 Å². The first-order valence-electron chi connectivity index (χ1n) is 5.22. The quantitative estimate of drug-likeness (QED) is 0.779. The summed E-state index contributed by atoms with van der Waals surface area (Å²) in [6.07, 6.45) is 0. The highest BCUT2D eigenvalue weighted by atomic mass is 19.2. The van der Waals surface area contributed by atoms with Gasteiger partial charge in [-0.25, -0.2) is 13.2 Å². The van der Waals surface area contributed by atoms with Gasteiger partial charge in [-0.15, -0.1) is 0 Å². The van der Waals surface area contributed by atoms with Gasteiger partial charge >= 0.3 is 0 Å². The molecule has 0 aromatic heterocycles. The van der Waals surface area contributed by atoms with Crippen molar-refractivity contribution in [3.63, 3.8) is 0 Å². The van der Waals surface area contributed by atoms with Crippen LogP contribution >= 0.6 is 0 Å². The maximum atomic E-state index is 13.6. The number of carbonyl (C=O) groups is 1. The van der Waals surface area contributed by atoms with Crippen molar-refractivity contribution in [1.29, 1.82) is 5.26 Å². The van der Waals surface area contributed by atoms with E-state index < -0.39 is 28.8 Å². The fourth-order valence-electron chi connectivity index (χ4n) is 1.60. The van der Waals surface area contributed by atoms with Crippen LogP contribution in [0, 0.1) is 28.8 Å². The molecule has 0 aliphatic carbocycles. The molecule has 0 aliphatic heterocycles. The topological polar surface area (TPSA) is 40.9 Å². The lowest BCUT2D eigenvalue weighted by molar-refractivity contribution is 0.103. The van der Waals surface area contributed by atoms with Gasteiger partial charge in [0.15, 0.2) is 17.4 Å². The monoisotopic (exact) mass is 261 g/mol. The molecule has 0 unspecified atom stereocenters. The van der Waals surface area contributed by atoms with Gasteiger partial charge in [-0.1, -0.05) is 12.1 Å². The average Bonchev–Trinajstić information content (AvgIpc) is 2.41. The Morgan fingerprint density at radius 1 is 1.11 bits per heavy atom. The molecule has 2 aromatic carbocycles. The molecule has 94 valence electrons. The number of carbonyl (C=O) groups excluding carboxylic acids is 1. The third-order valence-corrected chi connectivity index (χ3v) is 2.49. The zero-order chi connectivity index (χ0) is 14.0. The van der Waals surface area contributed by atoms with E-state index in [0.717, 1.165) is 18.2 Å². The van der Waals surface area contributed by atoms with E-state index in [1.807, 2.05) is 0 Å². The minimum atomic E-state index is -1.35. The second-order valence-corrected chi connectivity index (χ2v) is 3.77.